The highest BCUT2D eigenvalue weighted by atomic mass is 35.5. The van der Waals surface area contributed by atoms with Crippen molar-refractivity contribution in [3.8, 4) is 6.07 Å². The number of halogens is 2. The van der Waals surface area contributed by atoms with Crippen molar-refractivity contribution >= 4 is 45.8 Å². The molecule has 3 nitrogen and oxygen atoms in total. The fourth-order valence-corrected chi connectivity index (χ4v) is 2.95. The molecule has 2 heterocycles. The number of aromatic nitrogens is 1. The summed E-state index contributed by atoms with van der Waals surface area (Å²) in [7, 11) is 0. The largest absolute Gasteiger partial charge is 0.397 e. The summed E-state index contributed by atoms with van der Waals surface area (Å²) in [5, 5.41) is 9.23. The molecule has 0 radical (unpaired) electrons. The van der Waals surface area contributed by atoms with Crippen LogP contribution in [0.3, 0.4) is 0 Å². The van der Waals surface area contributed by atoms with Crippen molar-refractivity contribution in [1.29, 1.82) is 5.26 Å². The zero-order chi connectivity index (χ0) is 13.1. The van der Waals surface area contributed by atoms with Gasteiger partial charge in [-0.3, -0.25) is 4.98 Å². The Balaban J connectivity index is 2.58. The zero-order valence-corrected chi connectivity index (χ0v) is 11.4. The summed E-state index contributed by atoms with van der Waals surface area (Å²) in [6.07, 6.45) is 3.20. The van der Waals surface area contributed by atoms with E-state index < -0.39 is 0 Å². The second-order valence-corrected chi connectivity index (χ2v) is 5.66. The Bertz CT molecular complexity index is 641. The molecule has 0 atom stereocenters. The van der Waals surface area contributed by atoms with Gasteiger partial charge in [-0.15, -0.1) is 11.3 Å². The summed E-state index contributed by atoms with van der Waals surface area (Å²) in [6.45, 7) is 0. The number of hydrogen-bond acceptors (Lipinski definition) is 4. The molecule has 0 amide bonds. The minimum atomic E-state index is 0.317. The van der Waals surface area contributed by atoms with Gasteiger partial charge in [-0.1, -0.05) is 23.2 Å². The first-order valence-corrected chi connectivity index (χ1v) is 6.46. The smallest absolute Gasteiger partial charge is 0.104 e. The van der Waals surface area contributed by atoms with Gasteiger partial charge in [-0.05, 0) is 23.8 Å². The van der Waals surface area contributed by atoms with E-state index in [9.17, 15) is 5.26 Å². The molecule has 2 aromatic rings. The van der Waals surface area contributed by atoms with Crippen molar-refractivity contribution in [2.45, 2.75) is 0 Å². The van der Waals surface area contributed by atoms with Crippen LogP contribution in [0.15, 0.2) is 30.6 Å². The normalized spacial score (nSPS) is 11.8. The van der Waals surface area contributed by atoms with Crippen LogP contribution in [0.4, 0.5) is 0 Å². The lowest BCUT2D eigenvalue weighted by molar-refractivity contribution is 1.32. The molecule has 0 spiro atoms. The summed E-state index contributed by atoms with van der Waals surface area (Å²) < 4.78 is 1.00. The van der Waals surface area contributed by atoms with Crippen LogP contribution in [0, 0.1) is 11.3 Å². The van der Waals surface area contributed by atoms with E-state index in [-0.39, 0.29) is 0 Å². The molecule has 0 aliphatic heterocycles. The molecule has 0 aliphatic carbocycles. The van der Waals surface area contributed by atoms with Gasteiger partial charge in [-0.2, -0.15) is 5.26 Å². The Morgan fingerprint density at radius 3 is 2.50 bits per heavy atom. The maximum Gasteiger partial charge on any atom is 0.104 e. The highest BCUT2D eigenvalue weighted by molar-refractivity contribution is 7.20. The van der Waals surface area contributed by atoms with Crippen molar-refractivity contribution < 1.29 is 0 Å². The van der Waals surface area contributed by atoms with Gasteiger partial charge in [-0.25, -0.2) is 0 Å². The molecule has 6 heteroatoms. The molecule has 18 heavy (non-hydrogen) atoms. The standard InChI is InChI=1S/C12H7Cl2N3S/c13-10-5-8(12(14)18-10)11(16)9(6-15)7-1-3-17-4-2-7/h1-5H,16H2/b11-9-. The Labute approximate surface area is 118 Å². The van der Waals surface area contributed by atoms with E-state index in [1.165, 1.54) is 11.3 Å². The lowest BCUT2D eigenvalue weighted by Gasteiger charge is -2.04. The molecular formula is C12H7Cl2N3S. The van der Waals surface area contributed by atoms with Crippen LogP contribution >= 0.6 is 34.5 Å². The molecule has 0 saturated heterocycles. The summed E-state index contributed by atoms with van der Waals surface area (Å²) in [5.74, 6) is 0. The summed E-state index contributed by atoms with van der Waals surface area (Å²) in [4.78, 5) is 3.90. The highest BCUT2D eigenvalue weighted by Gasteiger charge is 2.14. The minimum Gasteiger partial charge on any atom is -0.397 e. The van der Waals surface area contributed by atoms with Gasteiger partial charge in [0.25, 0.3) is 0 Å². The average molecular weight is 296 g/mol. The Morgan fingerprint density at radius 2 is 2.00 bits per heavy atom. The topological polar surface area (TPSA) is 62.7 Å². The van der Waals surface area contributed by atoms with Crippen LogP contribution < -0.4 is 5.73 Å². The van der Waals surface area contributed by atoms with Crippen LogP contribution in [0.2, 0.25) is 8.67 Å². The summed E-state index contributed by atoms with van der Waals surface area (Å²) >= 11 is 13.1. The molecule has 0 fully saturated rings. The zero-order valence-electron chi connectivity index (χ0n) is 9.02. The third kappa shape index (κ3) is 2.49. The van der Waals surface area contributed by atoms with Crippen LogP contribution in [-0.4, -0.2) is 4.98 Å². The van der Waals surface area contributed by atoms with Gasteiger partial charge in [0.2, 0.25) is 0 Å². The lowest BCUT2D eigenvalue weighted by atomic mass is 10.0. The van der Waals surface area contributed by atoms with E-state index in [2.05, 4.69) is 11.1 Å². The monoisotopic (exact) mass is 295 g/mol. The van der Waals surface area contributed by atoms with Crippen LogP contribution in [0.1, 0.15) is 11.1 Å². The van der Waals surface area contributed by atoms with Crippen molar-refractivity contribution in [2.24, 2.45) is 5.73 Å². The number of hydrogen-bond donors (Lipinski definition) is 1. The molecule has 90 valence electrons. The Hall–Kier alpha value is -1.54. The van der Waals surface area contributed by atoms with Gasteiger partial charge in [0.15, 0.2) is 0 Å². The number of nitrogens with zero attached hydrogens (tertiary/aromatic N) is 2. The molecule has 0 saturated carbocycles. The predicted octanol–water partition coefficient (Wildman–Crippen LogP) is 3.80. The second-order valence-electron chi connectivity index (χ2n) is 3.37. The number of pyridine rings is 1. The third-order valence-electron chi connectivity index (χ3n) is 2.30. The van der Waals surface area contributed by atoms with Crippen molar-refractivity contribution in [3.05, 3.63) is 50.4 Å². The second kappa shape index (κ2) is 5.40. The third-order valence-corrected chi connectivity index (χ3v) is 3.78. The molecule has 0 aromatic carbocycles. The van der Waals surface area contributed by atoms with E-state index in [1.807, 2.05) is 0 Å². The van der Waals surface area contributed by atoms with E-state index in [1.54, 1.807) is 30.6 Å². The maximum absolute atomic E-state index is 9.23. The van der Waals surface area contributed by atoms with E-state index in [0.717, 1.165) is 0 Å². The SMILES string of the molecule is N#C/C(=C(/N)c1cc(Cl)sc1Cl)c1ccncc1. The first-order chi connectivity index (χ1) is 8.63. The van der Waals surface area contributed by atoms with Gasteiger partial charge < -0.3 is 5.73 Å². The molecule has 0 unspecified atom stereocenters. The molecular weight excluding hydrogens is 289 g/mol. The summed E-state index contributed by atoms with van der Waals surface area (Å²) in [6, 6.07) is 7.17. The quantitative estimate of drug-likeness (QED) is 0.857. The molecule has 2 N–H and O–H groups in total. The van der Waals surface area contributed by atoms with Gasteiger partial charge in [0.1, 0.15) is 10.4 Å². The summed E-state index contributed by atoms with van der Waals surface area (Å²) in [5.41, 5.74) is 7.95. The lowest BCUT2D eigenvalue weighted by Crippen LogP contribution is -2.00. The fraction of sp³-hybridized carbons (Fsp3) is 0. The van der Waals surface area contributed by atoms with Gasteiger partial charge in [0.05, 0.1) is 15.6 Å². The van der Waals surface area contributed by atoms with E-state index in [4.69, 9.17) is 28.9 Å². The number of rotatable bonds is 2. The van der Waals surface area contributed by atoms with Crippen LogP contribution in [-0.2, 0) is 0 Å². The van der Waals surface area contributed by atoms with Crippen molar-refractivity contribution in [3.63, 3.8) is 0 Å². The van der Waals surface area contributed by atoms with Crippen LogP contribution in [0.5, 0.6) is 0 Å². The van der Waals surface area contributed by atoms with Crippen molar-refractivity contribution in [1.82, 2.24) is 4.98 Å². The molecule has 2 aromatic heterocycles. The van der Waals surface area contributed by atoms with Crippen LogP contribution in [0.25, 0.3) is 11.3 Å². The van der Waals surface area contributed by atoms with Crippen molar-refractivity contribution in [2.75, 3.05) is 0 Å². The maximum atomic E-state index is 9.23. The first-order valence-electron chi connectivity index (χ1n) is 4.89. The molecule has 0 aliphatic rings. The number of nitrogens with two attached hydrogens (primary N) is 1. The number of allylic oxidation sites excluding steroid dienone is 1. The number of nitriles is 1. The van der Waals surface area contributed by atoms with E-state index >= 15 is 0 Å². The van der Waals surface area contributed by atoms with E-state index in [0.29, 0.717) is 31.1 Å². The minimum absolute atomic E-state index is 0.317. The Kier molecular flexibility index (Phi) is 3.87. The van der Waals surface area contributed by atoms with Gasteiger partial charge >= 0.3 is 0 Å². The Morgan fingerprint density at radius 1 is 1.33 bits per heavy atom. The molecule has 2 rings (SSSR count). The highest BCUT2D eigenvalue weighted by Crippen LogP contribution is 2.36. The van der Waals surface area contributed by atoms with Gasteiger partial charge in [0, 0.05) is 18.0 Å². The predicted molar refractivity (Wildman–Crippen MR) is 75.2 cm³/mol. The first kappa shape index (κ1) is 12.9. The fourth-order valence-electron chi connectivity index (χ4n) is 1.46. The molecule has 0 bridgehead atoms. The average Bonchev–Trinajstić information content (AvgIpc) is 2.70. The number of thiophene rings is 1.